The van der Waals surface area contributed by atoms with Crippen LogP contribution in [0.5, 0.6) is 0 Å². The van der Waals surface area contributed by atoms with Crippen LogP contribution in [0.1, 0.15) is 30.5 Å². The van der Waals surface area contributed by atoms with Crippen molar-refractivity contribution in [1.29, 1.82) is 0 Å². The Morgan fingerprint density at radius 3 is 3.05 bits per heavy atom. The standard InChI is InChI=1S/C16H23N3O/c1-12-5-4-8-19-14(9-17-16(12)19)11-18(2)10-13-6-3-7-15(13)20/h4-5,8-9,13,15,20H,3,6-7,10-11H2,1-2H3. The molecule has 1 saturated carbocycles. The smallest absolute Gasteiger partial charge is 0.139 e. The summed E-state index contributed by atoms with van der Waals surface area (Å²) in [6.45, 7) is 3.92. The van der Waals surface area contributed by atoms with E-state index in [1.165, 1.54) is 11.3 Å². The molecule has 2 atom stereocenters. The second kappa shape index (κ2) is 5.54. The maximum absolute atomic E-state index is 9.93. The largest absolute Gasteiger partial charge is 0.393 e. The molecule has 0 radical (unpaired) electrons. The van der Waals surface area contributed by atoms with Crippen molar-refractivity contribution < 1.29 is 5.11 Å². The normalized spacial score (nSPS) is 23.0. The van der Waals surface area contributed by atoms with E-state index >= 15 is 0 Å². The fourth-order valence-electron chi connectivity index (χ4n) is 3.29. The molecule has 2 unspecified atom stereocenters. The molecule has 2 aromatic heterocycles. The Kier molecular flexibility index (Phi) is 3.76. The minimum absolute atomic E-state index is 0.109. The second-order valence-electron chi connectivity index (χ2n) is 6.09. The summed E-state index contributed by atoms with van der Waals surface area (Å²) in [5, 5.41) is 9.93. The Balaban J connectivity index is 1.71. The molecule has 0 bridgehead atoms. The number of hydrogen-bond acceptors (Lipinski definition) is 3. The summed E-state index contributed by atoms with van der Waals surface area (Å²) < 4.78 is 2.16. The van der Waals surface area contributed by atoms with Gasteiger partial charge in [-0.2, -0.15) is 0 Å². The summed E-state index contributed by atoms with van der Waals surface area (Å²) in [6.07, 6.45) is 7.20. The highest BCUT2D eigenvalue weighted by molar-refractivity contribution is 5.48. The number of pyridine rings is 1. The van der Waals surface area contributed by atoms with Crippen LogP contribution in [-0.2, 0) is 6.54 Å². The van der Waals surface area contributed by atoms with Gasteiger partial charge in [0.15, 0.2) is 0 Å². The molecule has 0 amide bonds. The van der Waals surface area contributed by atoms with Crippen molar-refractivity contribution in [3.8, 4) is 0 Å². The van der Waals surface area contributed by atoms with E-state index < -0.39 is 0 Å². The van der Waals surface area contributed by atoms with Gasteiger partial charge in [-0.1, -0.05) is 12.5 Å². The van der Waals surface area contributed by atoms with Crippen molar-refractivity contribution in [1.82, 2.24) is 14.3 Å². The van der Waals surface area contributed by atoms with Crippen molar-refractivity contribution >= 4 is 5.65 Å². The molecule has 20 heavy (non-hydrogen) atoms. The van der Waals surface area contributed by atoms with Crippen molar-refractivity contribution in [3.63, 3.8) is 0 Å². The van der Waals surface area contributed by atoms with E-state index in [0.29, 0.717) is 5.92 Å². The van der Waals surface area contributed by atoms with E-state index in [2.05, 4.69) is 46.6 Å². The average molecular weight is 273 g/mol. The molecule has 0 aliphatic heterocycles. The zero-order valence-electron chi connectivity index (χ0n) is 12.3. The Morgan fingerprint density at radius 1 is 1.45 bits per heavy atom. The minimum Gasteiger partial charge on any atom is -0.393 e. The number of nitrogens with zero attached hydrogens (tertiary/aromatic N) is 3. The van der Waals surface area contributed by atoms with Gasteiger partial charge in [0, 0.05) is 19.3 Å². The van der Waals surface area contributed by atoms with Gasteiger partial charge < -0.3 is 14.4 Å². The highest BCUT2D eigenvalue weighted by atomic mass is 16.3. The van der Waals surface area contributed by atoms with Gasteiger partial charge in [-0.05, 0) is 44.4 Å². The maximum Gasteiger partial charge on any atom is 0.139 e. The molecular weight excluding hydrogens is 250 g/mol. The van der Waals surface area contributed by atoms with Crippen molar-refractivity contribution in [2.24, 2.45) is 5.92 Å². The summed E-state index contributed by atoms with van der Waals surface area (Å²) in [6, 6.07) is 4.15. The number of aromatic nitrogens is 2. The molecule has 1 fully saturated rings. The summed E-state index contributed by atoms with van der Waals surface area (Å²) in [7, 11) is 2.13. The van der Waals surface area contributed by atoms with Gasteiger partial charge in [0.1, 0.15) is 5.65 Å². The lowest BCUT2D eigenvalue weighted by Crippen LogP contribution is -2.29. The van der Waals surface area contributed by atoms with Gasteiger partial charge in [0.05, 0.1) is 18.0 Å². The van der Waals surface area contributed by atoms with E-state index in [1.807, 2.05) is 6.20 Å². The Bertz CT molecular complexity index is 592. The zero-order chi connectivity index (χ0) is 14.1. The number of hydrogen-bond donors (Lipinski definition) is 1. The number of aryl methyl sites for hydroxylation is 1. The van der Waals surface area contributed by atoms with Crippen molar-refractivity contribution in [2.45, 2.75) is 38.8 Å². The lowest BCUT2D eigenvalue weighted by molar-refractivity contribution is 0.107. The van der Waals surface area contributed by atoms with Crippen LogP contribution in [0.4, 0.5) is 0 Å². The quantitative estimate of drug-likeness (QED) is 0.928. The van der Waals surface area contributed by atoms with Crippen LogP contribution < -0.4 is 0 Å². The van der Waals surface area contributed by atoms with Gasteiger partial charge in [-0.3, -0.25) is 0 Å². The summed E-state index contributed by atoms with van der Waals surface area (Å²) in [5.41, 5.74) is 3.45. The van der Waals surface area contributed by atoms with Crippen molar-refractivity contribution in [3.05, 3.63) is 35.8 Å². The SMILES string of the molecule is Cc1cccn2c(CN(C)CC3CCCC3O)cnc12. The first-order chi connectivity index (χ1) is 9.65. The maximum atomic E-state index is 9.93. The van der Waals surface area contributed by atoms with E-state index in [9.17, 15) is 5.11 Å². The van der Waals surface area contributed by atoms with E-state index in [4.69, 9.17) is 0 Å². The number of rotatable bonds is 4. The number of fused-ring (bicyclic) bond motifs is 1. The van der Waals surface area contributed by atoms with Crippen LogP contribution in [-0.4, -0.2) is 39.1 Å². The fraction of sp³-hybridized carbons (Fsp3) is 0.562. The first kappa shape index (κ1) is 13.6. The van der Waals surface area contributed by atoms with E-state index in [-0.39, 0.29) is 6.10 Å². The average Bonchev–Trinajstić information content (AvgIpc) is 2.99. The molecule has 4 heteroatoms. The molecule has 1 N–H and O–H groups in total. The molecule has 1 aliphatic rings. The topological polar surface area (TPSA) is 40.8 Å². The monoisotopic (exact) mass is 273 g/mol. The molecule has 108 valence electrons. The molecule has 2 aromatic rings. The molecule has 3 rings (SSSR count). The zero-order valence-corrected chi connectivity index (χ0v) is 12.3. The lowest BCUT2D eigenvalue weighted by atomic mass is 10.1. The van der Waals surface area contributed by atoms with Crippen LogP contribution in [0.3, 0.4) is 0 Å². The van der Waals surface area contributed by atoms with Gasteiger partial charge in [0.2, 0.25) is 0 Å². The summed E-state index contributed by atoms with van der Waals surface area (Å²) in [4.78, 5) is 6.80. The molecule has 0 saturated heterocycles. The first-order valence-electron chi connectivity index (χ1n) is 7.43. The molecule has 0 aromatic carbocycles. The Morgan fingerprint density at radius 2 is 2.30 bits per heavy atom. The molecule has 0 spiro atoms. The molecule has 4 nitrogen and oxygen atoms in total. The molecule has 1 aliphatic carbocycles. The third kappa shape index (κ3) is 2.58. The fourth-order valence-corrected chi connectivity index (χ4v) is 3.29. The van der Waals surface area contributed by atoms with Crippen LogP contribution in [0, 0.1) is 12.8 Å². The highest BCUT2D eigenvalue weighted by Gasteiger charge is 2.26. The van der Waals surface area contributed by atoms with Gasteiger partial charge in [-0.25, -0.2) is 4.98 Å². The van der Waals surface area contributed by atoms with Crippen LogP contribution in [0.15, 0.2) is 24.5 Å². The molecular formula is C16H23N3O. The Hall–Kier alpha value is -1.39. The molecule has 2 heterocycles. The number of imidazole rings is 1. The van der Waals surface area contributed by atoms with E-state index in [1.54, 1.807) is 0 Å². The third-order valence-electron chi connectivity index (χ3n) is 4.40. The van der Waals surface area contributed by atoms with Crippen LogP contribution in [0.25, 0.3) is 5.65 Å². The van der Waals surface area contributed by atoms with Crippen LogP contribution in [0.2, 0.25) is 0 Å². The number of aliphatic hydroxyl groups excluding tert-OH is 1. The predicted octanol–water partition coefficient (Wildman–Crippen LogP) is 2.24. The predicted molar refractivity (Wildman–Crippen MR) is 79.6 cm³/mol. The Labute approximate surface area is 120 Å². The van der Waals surface area contributed by atoms with Gasteiger partial charge in [-0.15, -0.1) is 0 Å². The second-order valence-corrected chi connectivity index (χ2v) is 6.09. The summed E-state index contributed by atoms with van der Waals surface area (Å²) >= 11 is 0. The van der Waals surface area contributed by atoms with Gasteiger partial charge in [0.25, 0.3) is 0 Å². The summed E-state index contributed by atoms with van der Waals surface area (Å²) in [5.74, 6) is 0.431. The van der Waals surface area contributed by atoms with Crippen LogP contribution >= 0.6 is 0 Å². The van der Waals surface area contributed by atoms with Crippen molar-refractivity contribution in [2.75, 3.05) is 13.6 Å². The number of aliphatic hydroxyl groups is 1. The van der Waals surface area contributed by atoms with E-state index in [0.717, 1.165) is 38.0 Å². The van der Waals surface area contributed by atoms with Gasteiger partial charge >= 0.3 is 0 Å². The third-order valence-corrected chi connectivity index (χ3v) is 4.40. The highest BCUT2D eigenvalue weighted by Crippen LogP contribution is 2.26. The first-order valence-corrected chi connectivity index (χ1v) is 7.43. The minimum atomic E-state index is -0.109. The lowest BCUT2D eigenvalue weighted by Gasteiger charge is -2.22.